The van der Waals surface area contributed by atoms with Crippen molar-refractivity contribution in [1.29, 1.82) is 0 Å². The quantitative estimate of drug-likeness (QED) is 0.198. The van der Waals surface area contributed by atoms with E-state index in [2.05, 4.69) is 17.4 Å². The first kappa shape index (κ1) is 12.3. The van der Waals surface area contributed by atoms with E-state index in [1.165, 1.54) is 19.3 Å². The number of amidine groups is 1. The Morgan fingerprint density at radius 1 is 1.53 bits per heavy atom. The summed E-state index contributed by atoms with van der Waals surface area (Å²) in [5.74, 6) is 1.23. The number of unbranched alkanes of at least 4 members (excludes halogenated alkanes) is 1. The van der Waals surface area contributed by atoms with Gasteiger partial charge in [0.1, 0.15) is 5.84 Å². The fourth-order valence-corrected chi connectivity index (χ4v) is 1.92. The number of nitrogens with one attached hydrogen (secondary N) is 1. The molecule has 0 aromatic heterocycles. The summed E-state index contributed by atoms with van der Waals surface area (Å²) in [5, 5.41) is 14.8. The monoisotopic (exact) mass is 213 g/mol. The largest absolute Gasteiger partial charge is 0.409 e. The molecule has 0 saturated heterocycles. The molecule has 1 aliphatic carbocycles. The molecule has 0 radical (unpaired) electrons. The highest BCUT2D eigenvalue weighted by Gasteiger charge is 2.22. The number of rotatable bonds is 7. The summed E-state index contributed by atoms with van der Waals surface area (Å²) in [6.45, 7) is 3.31. The molecule has 0 aromatic carbocycles. The van der Waals surface area contributed by atoms with Crippen molar-refractivity contribution in [3.8, 4) is 0 Å². The van der Waals surface area contributed by atoms with E-state index in [0.29, 0.717) is 18.3 Å². The minimum atomic E-state index is 0.335. The summed E-state index contributed by atoms with van der Waals surface area (Å²) < 4.78 is 0. The molecule has 15 heavy (non-hydrogen) atoms. The van der Waals surface area contributed by atoms with Crippen LogP contribution in [-0.4, -0.2) is 23.6 Å². The highest BCUT2D eigenvalue weighted by Crippen LogP contribution is 2.29. The maximum Gasteiger partial charge on any atom is 0.139 e. The molecule has 0 bridgehead atoms. The summed E-state index contributed by atoms with van der Waals surface area (Å²) in [6.07, 6.45) is 6.94. The highest BCUT2D eigenvalue weighted by molar-refractivity contribution is 5.79. The maximum absolute atomic E-state index is 8.34. The fraction of sp³-hybridized carbons (Fsp3) is 0.909. The Morgan fingerprint density at radius 3 is 2.80 bits per heavy atom. The van der Waals surface area contributed by atoms with Crippen LogP contribution < -0.4 is 11.1 Å². The third kappa shape index (κ3) is 4.51. The molecule has 0 amide bonds. The van der Waals surface area contributed by atoms with Crippen molar-refractivity contribution in [3.05, 3.63) is 0 Å². The van der Waals surface area contributed by atoms with Crippen LogP contribution in [0.25, 0.3) is 0 Å². The fourth-order valence-electron chi connectivity index (χ4n) is 1.92. The average Bonchev–Trinajstić information content (AvgIpc) is 2.14. The Labute approximate surface area is 91.9 Å². The van der Waals surface area contributed by atoms with E-state index in [-0.39, 0.29) is 0 Å². The van der Waals surface area contributed by atoms with Crippen molar-refractivity contribution in [2.75, 3.05) is 6.54 Å². The second kappa shape index (κ2) is 6.67. The molecule has 88 valence electrons. The van der Waals surface area contributed by atoms with Gasteiger partial charge in [0.2, 0.25) is 0 Å². The Hall–Kier alpha value is -0.770. The zero-order chi connectivity index (χ0) is 11.1. The summed E-state index contributed by atoms with van der Waals surface area (Å²) in [7, 11) is 0. The first-order valence-electron chi connectivity index (χ1n) is 5.94. The van der Waals surface area contributed by atoms with Crippen LogP contribution in [0.4, 0.5) is 0 Å². The van der Waals surface area contributed by atoms with Gasteiger partial charge >= 0.3 is 0 Å². The molecule has 1 aliphatic rings. The lowest BCUT2D eigenvalue weighted by molar-refractivity contribution is 0.241. The SMILES string of the molecule is CC(NCCCCC(N)=NO)C1CCC1. The van der Waals surface area contributed by atoms with Crippen molar-refractivity contribution < 1.29 is 5.21 Å². The first-order valence-corrected chi connectivity index (χ1v) is 5.94. The maximum atomic E-state index is 8.34. The normalized spacial score (nSPS) is 19.9. The van der Waals surface area contributed by atoms with Gasteiger partial charge in [-0.05, 0) is 45.1 Å². The Bertz CT molecular complexity index is 202. The average molecular weight is 213 g/mol. The van der Waals surface area contributed by atoms with Crippen LogP contribution in [0, 0.1) is 5.92 Å². The van der Waals surface area contributed by atoms with Crippen LogP contribution in [0.3, 0.4) is 0 Å². The molecule has 4 heteroatoms. The minimum Gasteiger partial charge on any atom is -0.409 e. The minimum absolute atomic E-state index is 0.335. The Morgan fingerprint density at radius 2 is 2.27 bits per heavy atom. The number of nitrogens with two attached hydrogens (primary N) is 1. The van der Waals surface area contributed by atoms with Crippen molar-refractivity contribution in [1.82, 2.24) is 5.32 Å². The van der Waals surface area contributed by atoms with E-state index < -0.39 is 0 Å². The molecule has 0 spiro atoms. The summed E-state index contributed by atoms with van der Waals surface area (Å²) in [5.41, 5.74) is 5.37. The van der Waals surface area contributed by atoms with E-state index in [0.717, 1.165) is 25.3 Å². The predicted octanol–water partition coefficient (Wildman–Crippen LogP) is 1.68. The lowest BCUT2D eigenvalue weighted by atomic mass is 9.80. The van der Waals surface area contributed by atoms with Gasteiger partial charge in [-0.25, -0.2) is 0 Å². The molecule has 1 unspecified atom stereocenters. The van der Waals surface area contributed by atoms with Crippen LogP contribution in [0.1, 0.15) is 45.4 Å². The lowest BCUT2D eigenvalue weighted by Gasteiger charge is -2.32. The van der Waals surface area contributed by atoms with E-state index in [4.69, 9.17) is 10.9 Å². The lowest BCUT2D eigenvalue weighted by Crippen LogP contribution is -2.37. The topological polar surface area (TPSA) is 70.6 Å². The van der Waals surface area contributed by atoms with Crippen LogP contribution in [0.2, 0.25) is 0 Å². The van der Waals surface area contributed by atoms with Crippen LogP contribution in [0.5, 0.6) is 0 Å². The zero-order valence-electron chi connectivity index (χ0n) is 9.58. The van der Waals surface area contributed by atoms with Gasteiger partial charge in [0.25, 0.3) is 0 Å². The van der Waals surface area contributed by atoms with Gasteiger partial charge in [0.15, 0.2) is 0 Å². The van der Waals surface area contributed by atoms with Gasteiger partial charge in [-0.3, -0.25) is 0 Å². The van der Waals surface area contributed by atoms with Crippen LogP contribution >= 0.6 is 0 Å². The van der Waals surface area contributed by atoms with Crippen LogP contribution in [-0.2, 0) is 0 Å². The number of nitrogens with zero attached hydrogens (tertiary/aromatic N) is 1. The van der Waals surface area contributed by atoms with Gasteiger partial charge in [-0.1, -0.05) is 11.6 Å². The smallest absolute Gasteiger partial charge is 0.139 e. The molecule has 4 N–H and O–H groups in total. The van der Waals surface area contributed by atoms with E-state index in [1.807, 2.05) is 0 Å². The molecule has 0 aromatic rings. The van der Waals surface area contributed by atoms with Crippen molar-refractivity contribution in [2.45, 2.75) is 51.5 Å². The summed E-state index contributed by atoms with van der Waals surface area (Å²) >= 11 is 0. The van der Waals surface area contributed by atoms with E-state index in [1.54, 1.807) is 0 Å². The molecule has 1 rings (SSSR count). The molecule has 4 nitrogen and oxygen atoms in total. The van der Waals surface area contributed by atoms with Crippen molar-refractivity contribution in [3.63, 3.8) is 0 Å². The third-order valence-corrected chi connectivity index (χ3v) is 3.31. The molecule has 0 heterocycles. The second-order valence-corrected chi connectivity index (χ2v) is 4.48. The van der Waals surface area contributed by atoms with Gasteiger partial charge in [-0.2, -0.15) is 0 Å². The summed E-state index contributed by atoms with van der Waals surface area (Å²) in [4.78, 5) is 0. The molecular formula is C11H23N3O. The van der Waals surface area contributed by atoms with Gasteiger partial charge in [0, 0.05) is 12.5 Å². The molecule has 0 aliphatic heterocycles. The van der Waals surface area contributed by atoms with Gasteiger partial charge in [0.05, 0.1) is 0 Å². The zero-order valence-corrected chi connectivity index (χ0v) is 9.58. The Balaban J connectivity index is 1.92. The van der Waals surface area contributed by atoms with E-state index in [9.17, 15) is 0 Å². The predicted molar refractivity (Wildman–Crippen MR) is 62.1 cm³/mol. The number of oxime groups is 1. The second-order valence-electron chi connectivity index (χ2n) is 4.48. The number of hydrogen-bond acceptors (Lipinski definition) is 3. The molecule has 1 saturated carbocycles. The van der Waals surface area contributed by atoms with Gasteiger partial charge in [-0.15, -0.1) is 0 Å². The first-order chi connectivity index (χ1) is 7.24. The van der Waals surface area contributed by atoms with E-state index >= 15 is 0 Å². The third-order valence-electron chi connectivity index (χ3n) is 3.31. The van der Waals surface area contributed by atoms with Crippen molar-refractivity contribution >= 4 is 5.84 Å². The standard InChI is InChI=1S/C11H23N3O/c1-9(10-5-4-6-10)13-8-3-2-7-11(12)14-15/h9-10,13,15H,2-8H2,1H3,(H2,12,14). The highest BCUT2D eigenvalue weighted by atomic mass is 16.4. The van der Waals surface area contributed by atoms with Crippen molar-refractivity contribution in [2.24, 2.45) is 16.8 Å². The molecular weight excluding hydrogens is 190 g/mol. The molecule has 1 atom stereocenters. The summed E-state index contributed by atoms with van der Waals surface area (Å²) in [6, 6.07) is 0.655. The Kier molecular flexibility index (Phi) is 5.47. The molecule has 1 fully saturated rings. The number of hydrogen-bond donors (Lipinski definition) is 3. The van der Waals surface area contributed by atoms with Gasteiger partial charge < -0.3 is 16.3 Å². The van der Waals surface area contributed by atoms with Crippen LogP contribution in [0.15, 0.2) is 5.16 Å².